The van der Waals surface area contributed by atoms with Crippen LogP contribution < -0.4 is 16.0 Å². The Hall–Kier alpha value is -3.33. The minimum absolute atomic E-state index is 0.0970. The van der Waals surface area contributed by atoms with Crippen LogP contribution in [0.15, 0.2) is 66.7 Å². The molecular weight excluding hydrogens is 500 g/mol. The van der Waals surface area contributed by atoms with Crippen LogP contribution in [0.3, 0.4) is 0 Å². The normalized spacial score (nSPS) is 15.1. The fraction of sp³-hybridized carbons (Fsp3) is 0.387. The van der Waals surface area contributed by atoms with Gasteiger partial charge in [0.05, 0.1) is 19.6 Å². The molecule has 0 unspecified atom stereocenters. The maximum absolute atomic E-state index is 13.7. The molecule has 39 heavy (non-hydrogen) atoms. The van der Waals surface area contributed by atoms with E-state index in [2.05, 4.69) is 29.3 Å². The van der Waals surface area contributed by atoms with E-state index < -0.39 is 29.7 Å². The molecule has 0 aromatic heterocycles. The summed E-state index contributed by atoms with van der Waals surface area (Å²) in [7, 11) is 0. The van der Waals surface area contributed by atoms with Crippen LogP contribution in [0.2, 0.25) is 0 Å². The van der Waals surface area contributed by atoms with E-state index in [0.717, 1.165) is 42.4 Å². The SMILES string of the molecule is CCc1cccc(CNC[C@@H](OC(=O)Cc2ccc(N3CCOCC3)cc2)[C@@H](N)Cc2cc(F)cc(F)c2)c1. The Balaban J connectivity index is 1.39. The fourth-order valence-corrected chi connectivity index (χ4v) is 4.75. The van der Waals surface area contributed by atoms with Gasteiger partial charge in [0, 0.05) is 44.0 Å². The highest BCUT2D eigenvalue weighted by Gasteiger charge is 2.23. The van der Waals surface area contributed by atoms with Crippen LogP contribution >= 0.6 is 0 Å². The zero-order valence-electron chi connectivity index (χ0n) is 22.4. The number of anilines is 1. The van der Waals surface area contributed by atoms with Crippen molar-refractivity contribution in [3.8, 4) is 0 Å². The molecule has 3 N–H and O–H groups in total. The van der Waals surface area contributed by atoms with Crippen LogP contribution in [-0.4, -0.2) is 51.0 Å². The van der Waals surface area contributed by atoms with Crippen molar-refractivity contribution in [3.63, 3.8) is 0 Å². The molecule has 4 rings (SSSR count). The minimum atomic E-state index is -0.689. The number of hydrogen-bond donors (Lipinski definition) is 2. The Kier molecular flexibility index (Phi) is 10.4. The average Bonchev–Trinajstić information content (AvgIpc) is 2.93. The maximum atomic E-state index is 13.7. The third-order valence-corrected chi connectivity index (χ3v) is 6.89. The first-order valence-electron chi connectivity index (χ1n) is 13.5. The van der Waals surface area contributed by atoms with Crippen molar-refractivity contribution in [2.45, 2.75) is 44.9 Å². The number of nitrogens with zero attached hydrogens (tertiary/aromatic N) is 1. The van der Waals surface area contributed by atoms with E-state index in [1.165, 1.54) is 17.7 Å². The fourth-order valence-electron chi connectivity index (χ4n) is 4.75. The Morgan fingerprint density at radius 2 is 1.67 bits per heavy atom. The molecule has 1 heterocycles. The van der Waals surface area contributed by atoms with Crippen LogP contribution in [-0.2, 0) is 40.1 Å². The summed E-state index contributed by atoms with van der Waals surface area (Å²) in [4.78, 5) is 15.2. The van der Waals surface area contributed by atoms with Gasteiger partial charge in [-0.3, -0.25) is 4.79 Å². The summed E-state index contributed by atoms with van der Waals surface area (Å²) in [5.74, 6) is -1.74. The Morgan fingerprint density at radius 1 is 0.974 bits per heavy atom. The second-order valence-electron chi connectivity index (χ2n) is 9.92. The van der Waals surface area contributed by atoms with Crippen molar-refractivity contribution in [1.82, 2.24) is 5.32 Å². The van der Waals surface area contributed by atoms with Crippen molar-refractivity contribution in [2.75, 3.05) is 37.7 Å². The smallest absolute Gasteiger partial charge is 0.310 e. The van der Waals surface area contributed by atoms with Gasteiger partial charge in [-0.1, -0.05) is 43.3 Å². The molecule has 0 aliphatic carbocycles. The van der Waals surface area contributed by atoms with Crippen molar-refractivity contribution < 1.29 is 23.0 Å². The van der Waals surface area contributed by atoms with Crippen molar-refractivity contribution in [1.29, 1.82) is 0 Å². The van der Waals surface area contributed by atoms with Crippen LogP contribution in [0.1, 0.15) is 29.2 Å². The number of rotatable bonds is 12. The summed E-state index contributed by atoms with van der Waals surface area (Å²) >= 11 is 0. The molecule has 0 bridgehead atoms. The first-order chi connectivity index (χ1) is 18.9. The second kappa shape index (κ2) is 14.2. The third-order valence-electron chi connectivity index (χ3n) is 6.89. The average molecular weight is 538 g/mol. The molecule has 3 aromatic carbocycles. The third kappa shape index (κ3) is 8.85. The molecule has 0 saturated carbocycles. The first-order valence-corrected chi connectivity index (χ1v) is 13.5. The predicted molar refractivity (Wildman–Crippen MR) is 149 cm³/mol. The molecule has 1 fully saturated rings. The number of nitrogens with one attached hydrogen (secondary N) is 1. The number of benzene rings is 3. The molecule has 1 saturated heterocycles. The number of hydrogen-bond acceptors (Lipinski definition) is 6. The van der Waals surface area contributed by atoms with Gasteiger partial charge >= 0.3 is 5.97 Å². The molecular formula is C31H37F2N3O3. The zero-order valence-corrected chi connectivity index (χ0v) is 22.4. The highest BCUT2D eigenvalue weighted by molar-refractivity contribution is 5.73. The van der Waals surface area contributed by atoms with Crippen LogP contribution in [0.25, 0.3) is 0 Å². The highest BCUT2D eigenvalue weighted by atomic mass is 19.1. The first kappa shape index (κ1) is 28.7. The Morgan fingerprint density at radius 3 is 2.36 bits per heavy atom. The van der Waals surface area contributed by atoms with Gasteiger partial charge in [-0.2, -0.15) is 0 Å². The lowest BCUT2D eigenvalue weighted by molar-refractivity contribution is -0.149. The summed E-state index contributed by atoms with van der Waals surface area (Å²) in [6.07, 6.45) is 0.510. The van der Waals surface area contributed by atoms with Crippen LogP contribution in [0, 0.1) is 11.6 Å². The van der Waals surface area contributed by atoms with Gasteiger partial charge < -0.3 is 25.4 Å². The molecule has 1 aliphatic rings. The van der Waals surface area contributed by atoms with E-state index in [0.29, 0.717) is 31.9 Å². The van der Waals surface area contributed by atoms with E-state index >= 15 is 0 Å². The van der Waals surface area contributed by atoms with Gasteiger partial charge in [-0.25, -0.2) is 8.78 Å². The number of carbonyl (C=O) groups excluding carboxylic acids is 1. The molecule has 208 valence electrons. The van der Waals surface area contributed by atoms with E-state index in [9.17, 15) is 13.6 Å². The predicted octanol–water partition coefficient (Wildman–Crippen LogP) is 4.18. The molecule has 3 aromatic rings. The van der Waals surface area contributed by atoms with Crippen LogP contribution in [0.4, 0.5) is 14.5 Å². The van der Waals surface area contributed by atoms with E-state index in [1.807, 2.05) is 36.4 Å². The van der Waals surface area contributed by atoms with E-state index in [-0.39, 0.29) is 12.8 Å². The number of morpholine rings is 1. The zero-order chi connectivity index (χ0) is 27.6. The number of halogens is 2. The van der Waals surface area contributed by atoms with Gasteiger partial charge in [0.15, 0.2) is 0 Å². The molecule has 0 radical (unpaired) electrons. The van der Waals surface area contributed by atoms with E-state index in [1.54, 1.807) is 0 Å². The van der Waals surface area contributed by atoms with E-state index in [4.69, 9.17) is 15.2 Å². The molecule has 1 aliphatic heterocycles. The van der Waals surface area contributed by atoms with Gasteiger partial charge in [0.1, 0.15) is 17.7 Å². The lowest BCUT2D eigenvalue weighted by Gasteiger charge is -2.29. The topological polar surface area (TPSA) is 76.8 Å². The standard InChI is InChI=1S/C31H37F2N3O3/c1-2-22-4-3-5-24(14-22)20-35-21-30(29(34)17-25-15-26(32)19-27(33)16-25)39-31(37)18-23-6-8-28(9-7-23)36-10-12-38-13-11-36/h3-9,14-16,19,29-30,35H,2,10-13,17-18,20-21,34H2,1H3/t29-,30+/m0/s1. The monoisotopic (exact) mass is 537 g/mol. The van der Waals surface area contributed by atoms with Gasteiger partial charge in [-0.15, -0.1) is 0 Å². The Bertz CT molecular complexity index is 1200. The lowest BCUT2D eigenvalue weighted by Crippen LogP contribution is -2.46. The summed E-state index contributed by atoms with van der Waals surface area (Å²) in [5, 5.41) is 3.33. The number of aryl methyl sites for hydroxylation is 1. The quantitative estimate of drug-likeness (QED) is 0.338. The minimum Gasteiger partial charge on any atom is -0.459 e. The number of nitrogens with two attached hydrogens (primary N) is 1. The maximum Gasteiger partial charge on any atom is 0.310 e. The largest absolute Gasteiger partial charge is 0.459 e. The molecule has 8 heteroatoms. The molecule has 0 amide bonds. The van der Waals surface area contributed by atoms with Crippen LogP contribution in [0.5, 0.6) is 0 Å². The molecule has 6 nitrogen and oxygen atoms in total. The number of esters is 1. The summed E-state index contributed by atoms with van der Waals surface area (Å²) in [6.45, 7) is 6.07. The van der Waals surface area contributed by atoms with Crippen molar-refractivity contribution in [2.24, 2.45) is 5.73 Å². The molecule has 0 spiro atoms. The van der Waals surface area contributed by atoms with Crippen molar-refractivity contribution >= 4 is 11.7 Å². The van der Waals surface area contributed by atoms with Gasteiger partial charge in [0.2, 0.25) is 0 Å². The Labute approximate surface area is 229 Å². The lowest BCUT2D eigenvalue weighted by atomic mass is 10.0. The van der Waals surface area contributed by atoms with Gasteiger partial charge in [0.25, 0.3) is 0 Å². The summed E-state index contributed by atoms with van der Waals surface area (Å²) in [5.41, 5.74) is 11.1. The summed E-state index contributed by atoms with van der Waals surface area (Å²) in [6, 6.07) is 18.8. The highest BCUT2D eigenvalue weighted by Crippen LogP contribution is 2.18. The number of ether oxygens (including phenoxy) is 2. The molecule has 2 atom stereocenters. The van der Waals surface area contributed by atoms with Gasteiger partial charge in [-0.05, 0) is 59.4 Å². The van der Waals surface area contributed by atoms with Crippen molar-refractivity contribution in [3.05, 3.63) is 101 Å². The number of carbonyl (C=O) groups is 1. The second-order valence-corrected chi connectivity index (χ2v) is 9.92. The summed E-state index contributed by atoms with van der Waals surface area (Å²) < 4.78 is 38.7.